The average molecular weight is 266 g/mol. The molecule has 6 nitrogen and oxygen atoms in total. The van der Waals surface area contributed by atoms with Gasteiger partial charge in [-0.25, -0.2) is 4.52 Å². The molecule has 0 spiro atoms. The third-order valence-corrected chi connectivity index (χ3v) is 2.95. The van der Waals surface area contributed by atoms with Crippen LogP contribution in [0.15, 0.2) is 49.3 Å². The number of hydrogen-bond acceptors (Lipinski definition) is 5. The fourth-order valence-electron chi connectivity index (χ4n) is 1.93. The first-order chi connectivity index (χ1) is 9.75. The van der Waals surface area contributed by atoms with Gasteiger partial charge in [-0.1, -0.05) is 0 Å². The van der Waals surface area contributed by atoms with Gasteiger partial charge in [0.15, 0.2) is 11.6 Å². The third kappa shape index (κ3) is 2.18. The van der Waals surface area contributed by atoms with Crippen LogP contribution in [0, 0.1) is 0 Å². The number of aromatic nitrogens is 4. The van der Waals surface area contributed by atoms with Crippen LogP contribution in [0.1, 0.15) is 27.1 Å². The monoisotopic (exact) mass is 266 g/mol. The number of Topliss-reactive ketones (excluding diaryl/α,β-unsaturated/α-hetero) is 2. The first kappa shape index (κ1) is 12.2. The van der Waals surface area contributed by atoms with Gasteiger partial charge in [0, 0.05) is 30.4 Å². The van der Waals surface area contributed by atoms with Crippen molar-refractivity contribution in [3.05, 3.63) is 60.4 Å². The summed E-state index contributed by atoms with van der Waals surface area (Å²) in [6, 6.07) is 3.18. The lowest BCUT2D eigenvalue weighted by molar-refractivity contribution is 0.0895. The van der Waals surface area contributed by atoms with Gasteiger partial charge in [-0.05, 0) is 12.1 Å². The Bertz CT molecular complexity index is 780. The minimum atomic E-state index is -0.269. The maximum absolute atomic E-state index is 12.2. The summed E-state index contributed by atoms with van der Waals surface area (Å²) in [6.07, 6.45) is 9.09. The number of nitrogens with zero attached hydrogens (tertiary/aromatic N) is 4. The van der Waals surface area contributed by atoms with E-state index in [0.717, 1.165) is 0 Å². The highest BCUT2D eigenvalue weighted by molar-refractivity contribution is 6.15. The number of carbonyl (C=O) groups excluding carboxylic acids is 2. The zero-order valence-electron chi connectivity index (χ0n) is 10.4. The highest BCUT2D eigenvalue weighted by Gasteiger charge is 2.17. The molecule has 3 heterocycles. The second-order valence-corrected chi connectivity index (χ2v) is 4.22. The van der Waals surface area contributed by atoms with Crippen molar-refractivity contribution in [2.45, 2.75) is 6.42 Å². The van der Waals surface area contributed by atoms with Gasteiger partial charge in [-0.2, -0.15) is 5.10 Å². The van der Waals surface area contributed by atoms with Crippen LogP contribution in [0.3, 0.4) is 0 Å². The second-order valence-electron chi connectivity index (χ2n) is 4.22. The van der Waals surface area contributed by atoms with Crippen molar-refractivity contribution >= 4 is 17.1 Å². The summed E-state index contributed by atoms with van der Waals surface area (Å²) in [4.78, 5) is 32.0. The van der Waals surface area contributed by atoms with E-state index in [-0.39, 0.29) is 18.0 Å². The van der Waals surface area contributed by atoms with Crippen LogP contribution in [0.2, 0.25) is 0 Å². The standard InChI is InChI=1S/C14H10N4O2/c19-13(10-1-3-15-4-2-10)7-14(20)11-8-17-18-6-5-16-9-12(11)18/h1-6,8-9H,7H2. The number of rotatable bonds is 4. The van der Waals surface area contributed by atoms with Crippen molar-refractivity contribution in [1.29, 1.82) is 0 Å². The van der Waals surface area contributed by atoms with Crippen molar-refractivity contribution < 1.29 is 9.59 Å². The molecule has 0 fully saturated rings. The minimum absolute atomic E-state index is 0.194. The average Bonchev–Trinajstić information content (AvgIpc) is 2.92. The SMILES string of the molecule is O=C(CC(=O)c1cnn2ccncc12)c1ccncc1. The van der Waals surface area contributed by atoms with Gasteiger partial charge in [0.1, 0.15) is 0 Å². The maximum Gasteiger partial charge on any atom is 0.174 e. The molecular weight excluding hydrogens is 256 g/mol. The Morgan fingerprint density at radius 2 is 1.80 bits per heavy atom. The number of carbonyl (C=O) groups is 2. The van der Waals surface area contributed by atoms with Gasteiger partial charge >= 0.3 is 0 Å². The molecule has 3 aromatic heterocycles. The lowest BCUT2D eigenvalue weighted by Crippen LogP contribution is -2.08. The van der Waals surface area contributed by atoms with E-state index in [0.29, 0.717) is 16.6 Å². The van der Waals surface area contributed by atoms with Crippen LogP contribution in [0.4, 0.5) is 0 Å². The van der Waals surface area contributed by atoms with Crippen molar-refractivity contribution in [1.82, 2.24) is 19.6 Å². The highest BCUT2D eigenvalue weighted by Crippen LogP contribution is 2.13. The van der Waals surface area contributed by atoms with E-state index in [4.69, 9.17) is 0 Å². The van der Waals surface area contributed by atoms with E-state index in [1.807, 2.05) is 0 Å². The van der Waals surface area contributed by atoms with Gasteiger partial charge in [0.2, 0.25) is 0 Å². The predicted molar refractivity (Wildman–Crippen MR) is 70.5 cm³/mol. The number of fused-ring (bicyclic) bond motifs is 1. The van der Waals surface area contributed by atoms with Gasteiger partial charge in [0.25, 0.3) is 0 Å². The molecule has 98 valence electrons. The Morgan fingerprint density at radius 1 is 1.00 bits per heavy atom. The molecular formula is C14H10N4O2. The molecule has 20 heavy (non-hydrogen) atoms. The second kappa shape index (κ2) is 5.00. The van der Waals surface area contributed by atoms with Crippen molar-refractivity contribution in [2.75, 3.05) is 0 Å². The smallest absolute Gasteiger partial charge is 0.174 e. The molecule has 6 heteroatoms. The van der Waals surface area contributed by atoms with Crippen LogP contribution in [-0.2, 0) is 0 Å². The zero-order valence-corrected chi connectivity index (χ0v) is 10.4. The Kier molecular flexibility index (Phi) is 3.04. The number of ketones is 2. The first-order valence-corrected chi connectivity index (χ1v) is 5.99. The number of hydrogen-bond donors (Lipinski definition) is 0. The van der Waals surface area contributed by atoms with E-state index >= 15 is 0 Å². The Hall–Kier alpha value is -2.89. The Labute approximate surface area is 114 Å². The zero-order chi connectivity index (χ0) is 13.9. The largest absolute Gasteiger partial charge is 0.294 e. The highest BCUT2D eigenvalue weighted by atomic mass is 16.1. The fraction of sp³-hybridized carbons (Fsp3) is 0.0714. The first-order valence-electron chi connectivity index (χ1n) is 5.99. The van der Waals surface area contributed by atoms with E-state index in [1.54, 1.807) is 35.2 Å². The third-order valence-electron chi connectivity index (χ3n) is 2.95. The lowest BCUT2D eigenvalue weighted by Gasteiger charge is -1.99. The summed E-state index contributed by atoms with van der Waals surface area (Å²) < 4.78 is 1.55. The van der Waals surface area contributed by atoms with Crippen molar-refractivity contribution in [2.24, 2.45) is 0 Å². The van der Waals surface area contributed by atoms with E-state index < -0.39 is 0 Å². The van der Waals surface area contributed by atoms with Crippen molar-refractivity contribution in [3.8, 4) is 0 Å². The quantitative estimate of drug-likeness (QED) is 0.529. The predicted octanol–water partition coefficient (Wildman–Crippen LogP) is 1.58. The van der Waals surface area contributed by atoms with Crippen LogP contribution >= 0.6 is 0 Å². The molecule has 0 aliphatic rings. The summed E-state index contributed by atoms with van der Waals surface area (Å²) in [7, 11) is 0. The molecule has 0 radical (unpaired) electrons. The Balaban J connectivity index is 1.85. The Morgan fingerprint density at radius 3 is 2.60 bits per heavy atom. The summed E-state index contributed by atoms with van der Waals surface area (Å²) in [6.45, 7) is 0. The van der Waals surface area contributed by atoms with Gasteiger partial charge < -0.3 is 0 Å². The molecule has 0 saturated carbocycles. The van der Waals surface area contributed by atoms with Gasteiger partial charge in [-0.3, -0.25) is 19.6 Å². The van der Waals surface area contributed by atoms with Crippen LogP contribution < -0.4 is 0 Å². The summed E-state index contributed by atoms with van der Waals surface area (Å²) in [5, 5.41) is 4.05. The normalized spacial score (nSPS) is 10.6. The molecule has 0 bridgehead atoms. The molecule has 0 atom stereocenters. The van der Waals surface area contributed by atoms with E-state index in [1.165, 1.54) is 18.6 Å². The van der Waals surface area contributed by atoms with Gasteiger partial charge in [-0.15, -0.1) is 0 Å². The molecule has 0 saturated heterocycles. The minimum Gasteiger partial charge on any atom is -0.294 e. The fourth-order valence-corrected chi connectivity index (χ4v) is 1.93. The van der Waals surface area contributed by atoms with Crippen LogP contribution in [-0.4, -0.2) is 31.1 Å². The molecule has 0 aliphatic heterocycles. The van der Waals surface area contributed by atoms with Crippen LogP contribution in [0.25, 0.3) is 5.52 Å². The number of pyridine rings is 1. The molecule has 0 aromatic carbocycles. The van der Waals surface area contributed by atoms with E-state index in [9.17, 15) is 9.59 Å². The maximum atomic E-state index is 12.2. The summed E-state index contributed by atoms with van der Waals surface area (Å²) in [5.74, 6) is -0.504. The molecule has 0 amide bonds. The lowest BCUT2D eigenvalue weighted by atomic mass is 10.0. The summed E-state index contributed by atoms with van der Waals surface area (Å²) >= 11 is 0. The van der Waals surface area contributed by atoms with Crippen molar-refractivity contribution in [3.63, 3.8) is 0 Å². The topological polar surface area (TPSA) is 77.2 Å². The van der Waals surface area contributed by atoms with E-state index in [2.05, 4.69) is 15.1 Å². The van der Waals surface area contributed by atoms with Crippen LogP contribution in [0.5, 0.6) is 0 Å². The molecule has 0 N–H and O–H groups in total. The van der Waals surface area contributed by atoms with Gasteiger partial charge in [0.05, 0.1) is 29.9 Å². The molecule has 0 aliphatic carbocycles. The molecule has 3 rings (SSSR count). The summed E-state index contributed by atoms with van der Waals surface area (Å²) in [5.41, 5.74) is 1.48. The molecule has 0 unspecified atom stereocenters. The molecule has 3 aromatic rings.